The lowest BCUT2D eigenvalue weighted by Gasteiger charge is -2.30. The van der Waals surface area contributed by atoms with Gasteiger partial charge in [0.2, 0.25) is 5.91 Å². The first-order valence-corrected chi connectivity index (χ1v) is 10.3. The van der Waals surface area contributed by atoms with Gasteiger partial charge < -0.3 is 9.88 Å². The van der Waals surface area contributed by atoms with Crippen molar-refractivity contribution >= 4 is 33.2 Å². The Bertz CT molecular complexity index is 897. The van der Waals surface area contributed by atoms with Crippen molar-refractivity contribution in [2.75, 3.05) is 18.4 Å². The number of rotatable bonds is 5. The van der Waals surface area contributed by atoms with Gasteiger partial charge in [0.1, 0.15) is 0 Å². The molecule has 3 rings (SSSR count). The highest BCUT2D eigenvalue weighted by Crippen LogP contribution is 2.24. The third-order valence-electron chi connectivity index (χ3n) is 4.43. The number of anilines is 1. The Morgan fingerprint density at radius 2 is 2.23 bits per heavy atom. The molecule has 1 aromatic heterocycles. The Morgan fingerprint density at radius 1 is 1.42 bits per heavy atom. The van der Waals surface area contributed by atoms with Gasteiger partial charge in [-0.1, -0.05) is 17.7 Å². The van der Waals surface area contributed by atoms with Crippen LogP contribution < -0.4 is 5.32 Å². The molecule has 0 aliphatic carbocycles. The second kappa shape index (κ2) is 7.77. The van der Waals surface area contributed by atoms with Crippen LogP contribution in [0.1, 0.15) is 19.8 Å². The van der Waals surface area contributed by atoms with Crippen molar-refractivity contribution in [1.29, 1.82) is 0 Å². The number of carbonyl (C=O) groups is 1. The Kier molecular flexibility index (Phi) is 5.64. The number of amides is 1. The molecule has 140 valence electrons. The molecular formula is C17H21ClN4O3S. The molecule has 0 saturated carbocycles. The molecule has 0 unspecified atom stereocenters. The lowest BCUT2D eigenvalue weighted by molar-refractivity contribution is -0.120. The molecule has 2 aromatic rings. The third-order valence-corrected chi connectivity index (χ3v) is 6.41. The van der Waals surface area contributed by atoms with Crippen molar-refractivity contribution in [2.24, 2.45) is 5.92 Å². The molecule has 26 heavy (non-hydrogen) atoms. The maximum absolute atomic E-state index is 12.8. The number of sulfonamides is 1. The highest BCUT2D eigenvalue weighted by atomic mass is 35.5. The Balaban J connectivity index is 1.71. The molecule has 1 aliphatic rings. The monoisotopic (exact) mass is 396 g/mol. The minimum absolute atomic E-state index is 0.0234. The van der Waals surface area contributed by atoms with Crippen molar-refractivity contribution < 1.29 is 13.2 Å². The van der Waals surface area contributed by atoms with E-state index >= 15 is 0 Å². The molecule has 1 N–H and O–H groups in total. The zero-order valence-corrected chi connectivity index (χ0v) is 16.0. The summed E-state index contributed by atoms with van der Waals surface area (Å²) >= 11 is 5.93. The summed E-state index contributed by atoms with van der Waals surface area (Å²) in [6.07, 6.45) is 4.29. The van der Waals surface area contributed by atoms with E-state index in [4.69, 9.17) is 11.6 Å². The Morgan fingerprint density at radius 3 is 2.92 bits per heavy atom. The van der Waals surface area contributed by atoms with E-state index in [1.807, 2.05) is 6.92 Å². The van der Waals surface area contributed by atoms with Gasteiger partial charge in [-0.2, -0.15) is 4.31 Å². The van der Waals surface area contributed by atoms with Gasteiger partial charge in [0.05, 0.1) is 12.2 Å². The topological polar surface area (TPSA) is 84.3 Å². The highest BCUT2D eigenvalue weighted by molar-refractivity contribution is 7.89. The van der Waals surface area contributed by atoms with Gasteiger partial charge in [0.15, 0.2) is 5.03 Å². The van der Waals surface area contributed by atoms with E-state index in [1.165, 1.54) is 16.8 Å². The molecule has 1 atom stereocenters. The van der Waals surface area contributed by atoms with Gasteiger partial charge >= 0.3 is 0 Å². The molecule has 0 radical (unpaired) electrons. The number of aromatic nitrogens is 2. The van der Waals surface area contributed by atoms with Crippen LogP contribution in [0.3, 0.4) is 0 Å². The molecule has 1 fully saturated rings. The maximum atomic E-state index is 12.8. The Labute approximate surface area is 158 Å². The molecule has 1 saturated heterocycles. The minimum Gasteiger partial charge on any atom is -0.336 e. The summed E-state index contributed by atoms with van der Waals surface area (Å²) < 4.78 is 28.6. The summed E-state index contributed by atoms with van der Waals surface area (Å²) in [4.78, 5) is 16.5. The first-order chi connectivity index (χ1) is 12.4. The van der Waals surface area contributed by atoms with Gasteiger partial charge in [-0.15, -0.1) is 0 Å². The molecule has 0 spiro atoms. The van der Waals surface area contributed by atoms with Crippen LogP contribution in [0.4, 0.5) is 5.69 Å². The Hall–Kier alpha value is -1.90. The number of benzene rings is 1. The average Bonchev–Trinajstić information content (AvgIpc) is 3.12. The van der Waals surface area contributed by atoms with Gasteiger partial charge in [-0.05, 0) is 38.0 Å². The van der Waals surface area contributed by atoms with Gasteiger partial charge in [-0.25, -0.2) is 13.4 Å². The van der Waals surface area contributed by atoms with Crippen LogP contribution in [-0.4, -0.2) is 41.3 Å². The summed E-state index contributed by atoms with van der Waals surface area (Å²) in [5.41, 5.74) is 0.601. The first kappa shape index (κ1) is 18.9. The summed E-state index contributed by atoms with van der Waals surface area (Å²) in [6, 6.07) is 6.88. The maximum Gasteiger partial charge on any atom is 0.262 e. The third kappa shape index (κ3) is 4.08. The van der Waals surface area contributed by atoms with E-state index in [2.05, 4.69) is 10.3 Å². The van der Waals surface area contributed by atoms with Crippen LogP contribution in [0.15, 0.2) is 41.8 Å². The smallest absolute Gasteiger partial charge is 0.262 e. The number of piperidine rings is 1. The molecule has 2 heterocycles. The molecule has 1 amide bonds. The lowest BCUT2D eigenvalue weighted by atomic mass is 9.99. The molecule has 7 nitrogen and oxygen atoms in total. The number of nitrogens with one attached hydrogen (secondary N) is 1. The summed E-state index contributed by atoms with van der Waals surface area (Å²) in [7, 11) is -3.70. The fourth-order valence-corrected chi connectivity index (χ4v) is 4.61. The molecule has 1 aliphatic heterocycles. The van der Waals surface area contributed by atoms with Crippen LogP contribution in [0.25, 0.3) is 0 Å². The molecular weight excluding hydrogens is 376 g/mol. The quantitative estimate of drug-likeness (QED) is 0.841. The van der Waals surface area contributed by atoms with Crippen molar-refractivity contribution in [1.82, 2.24) is 13.9 Å². The van der Waals surface area contributed by atoms with E-state index < -0.39 is 15.9 Å². The number of imidazole rings is 1. The van der Waals surface area contributed by atoms with Crippen LogP contribution in [0, 0.1) is 5.92 Å². The van der Waals surface area contributed by atoms with Crippen LogP contribution >= 0.6 is 11.6 Å². The number of aryl methyl sites for hydroxylation is 1. The fraction of sp³-hybridized carbons (Fsp3) is 0.412. The van der Waals surface area contributed by atoms with Crippen molar-refractivity contribution in [3.63, 3.8) is 0 Å². The van der Waals surface area contributed by atoms with Crippen LogP contribution in [0.2, 0.25) is 5.02 Å². The minimum atomic E-state index is -3.70. The number of nitrogens with zero attached hydrogens (tertiary/aromatic N) is 3. The van der Waals surface area contributed by atoms with E-state index in [0.29, 0.717) is 36.6 Å². The fourth-order valence-electron chi connectivity index (χ4n) is 2.96. The van der Waals surface area contributed by atoms with Gasteiger partial charge in [-0.3, -0.25) is 4.79 Å². The summed E-state index contributed by atoms with van der Waals surface area (Å²) in [6.45, 7) is 3.10. The number of halogens is 1. The average molecular weight is 397 g/mol. The van der Waals surface area contributed by atoms with Gasteiger partial charge in [0, 0.05) is 36.5 Å². The summed E-state index contributed by atoms with van der Waals surface area (Å²) in [5.74, 6) is -0.614. The van der Waals surface area contributed by atoms with Gasteiger partial charge in [0.25, 0.3) is 10.0 Å². The zero-order valence-electron chi connectivity index (χ0n) is 14.4. The van der Waals surface area contributed by atoms with Crippen LogP contribution in [-0.2, 0) is 21.4 Å². The molecule has 1 aromatic carbocycles. The number of carbonyl (C=O) groups excluding carboxylic acids is 1. The van der Waals surface area contributed by atoms with Crippen LogP contribution in [0.5, 0.6) is 0 Å². The second-order valence-electron chi connectivity index (χ2n) is 6.24. The largest absolute Gasteiger partial charge is 0.336 e. The predicted molar refractivity (Wildman–Crippen MR) is 99.5 cm³/mol. The van der Waals surface area contributed by atoms with E-state index in [9.17, 15) is 13.2 Å². The zero-order chi connectivity index (χ0) is 18.7. The van der Waals surface area contributed by atoms with Crippen molar-refractivity contribution in [3.8, 4) is 0 Å². The lowest BCUT2D eigenvalue weighted by Crippen LogP contribution is -2.43. The first-order valence-electron chi connectivity index (χ1n) is 8.48. The molecule has 9 heteroatoms. The van der Waals surface area contributed by atoms with Crippen molar-refractivity contribution in [2.45, 2.75) is 31.3 Å². The predicted octanol–water partition coefficient (Wildman–Crippen LogP) is 2.60. The standard InChI is InChI=1S/C17H21ClN4O3S/c1-2-21-11-16(19-12-21)26(24,25)22-8-4-5-13(10-22)17(23)20-15-7-3-6-14(18)9-15/h3,6-7,9,11-13H,2,4-5,8,10H2,1H3,(H,20,23)/t13-/m1/s1. The van der Waals surface area contributed by atoms with Crippen molar-refractivity contribution in [3.05, 3.63) is 41.8 Å². The number of hydrogen-bond donors (Lipinski definition) is 1. The SMILES string of the molecule is CCn1cnc(S(=O)(=O)N2CCC[C@@H](C(=O)Nc3cccc(Cl)c3)C2)c1. The second-order valence-corrected chi connectivity index (χ2v) is 8.57. The van der Waals surface area contributed by atoms with E-state index in [0.717, 1.165) is 0 Å². The normalized spacial score (nSPS) is 18.6. The molecule has 0 bridgehead atoms. The highest BCUT2D eigenvalue weighted by Gasteiger charge is 2.34. The van der Waals surface area contributed by atoms with E-state index in [-0.39, 0.29) is 17.5 Å². The van der Waals surface area contributed by atoms with E-state index in [1.54, 1.807) is 28.8 Å². The summed E-state index contributed by atoms with van der Waals surface area (Å²) in [5, 5.41) is 3.37. The number of hydrogen-bond acceptors (Lipinski definition) is 4.